The van der Waals surface area contributed by atoms with Crippen LogP contribution in [0.3, 0.4) is 0 Å². The van der Waals surface area contributed by atoms with Crippen LogP contribution in [0.2, 0.25) is 0 Å². The minimum absolute atomic E-state index is 0.133. The Morgan fingerprint density at radius 1 is 1.14 bits per heavy atom. The summed E-state index contributed by atoms with van der Waals surface area (Å²) in [6, 6.07) is 11.0. The summed E-state index contributed by atoms with van der Waals surface area (Å²) in [5.41, 5.74) is 6.39. The quantitative estimate of drug-likeness (QED) is 0.805. The zero-order valence-corrected chi connectivity index (χ0v) is 15.9. The van der Waals surface area contributed by atoms with Gasteiger partial charge in [-0.1, -0.05) is 56.3 Å². The average Bonchev–Trinajstić information content (AvgIpc) is 3.38. The highest BCUT2D eigenvalue weighted by Crippen LogP contribution is 2.61. The molecule has 2 aliphatic carbocycles. The van der Waals surface area contributed by atoms with Crippen LogP contribution in [-0.2, 0) is 0 Å². The number of benzene rings is 2. The van der Waals surface area contributed by atoms with Crippen molar-refractivity contribution >= 4 is 16.5 Å². The molecule has 3 aliphatic heterocycles. The predicted molar refractivity (Wildman–Crippen MR) is 110 cm³/mol. The topological polar surface area (TPSA) is 32.7 Å². The lowest BCUT2D eigenvalue weighted by atomic mass is 9.79. The Labute approximate surface area is 163 Å². The molecule has 2 aromatic carbocycles. The first kappa shape index (κ1) is 15.2. The Hall–Kier alpha value is -2.78. The van der Waals surface area contributed by atoms with Crippen LogP contribution >= 0.6 is 0 Å². The first-order valence-corrected chi connectivity index (χ1v) is 10.2. The third-order valence-corrected chi connectivity index (χ3v) is 7.04. The van der Waals surface area contributed by atoms with Gasteiger partial charge in [-0.15, -0.1) is 0 Å². The molecule has 3 heterocycles. The zero-order valence-electron chi connectivity index (χ0n) is 15.9. The van der Waals surface area contributed by atoms with E-state index in [1.807, 2.05) is 0 Å². The Morgan fingerprint density at radius 2 is 2.04 bits per heavy atom. The van der Waals surface area contributed by atoms with Crippen molar-refractivity contribution in [2.24, 2.45) is 5.92 Å². The van der Waals surface area contributed by atoms with Crippen molar-refractivity contribution in [3.8, 4) is 5.75 Å². The van der Waals surface area contributed by atoms with Crippen molar-refractivity contribution in [2.75, 3.05) is 0 Å². The van der Waals surface area contributed by atoms with E-state index in [-0.39, 0.29) is 24.1 Å². The molecule has 1 N–H and O–H groups in total. The normalized spacial score (nSPS) is 30.6. The Bertz CT molecular complexity index is 1210. The highest BCUT2D eigenvalue weighted by Gasteiger charge is 2.61. The molecule has 0 saturated heterocycles. The molecule has 4 unspecified atom stereocenters. The zero-order chi connectivity index (χ0) is 18.7. The molecule has 28 heavy (non-hydrogen) atoms. The van der Waals surface area contributed by atoms with Crippen LogP contribution in [0.4, 0.5) is 0 Å². The van der Waals surface area contributed by atoms with E-state index in [0.29, 0.717) is 5.92 Å². The SMILES string of the molecule is CC(C)C1=CC=CC2C1=CC1=C3c4c(ccc5cccc(c45)O1)C1C(O)C1N32. The van der Waals surface area contributed by atoms with E-state index in [4.69, 9.17) is 4.74 Å². The van der Waals surface area contributed by atoms with Gasteiger partial charge in [-0.2, -0.15) is 0 Å². The second-order valence-electron chi connectivity index (χ2n) is 8.82. The number of rotatable bonds is 1. The summed E-state index contributed by atoms with van der Waals surface area (Å²) >= 11 is 0. The molecule has 5 aliphatic rings. The molecule has 138 valence electrons. The Balaban J connectivity index is 1.58. The van der Waals surface area contributed by atoms with Crippen molar-refractivity contribution in [2.45, 2.75) is 38.0 Å². The van der Waals surface area contributed by atoms with Gasteiger partial charge in [-0.25, -0.2) is 0 Å². The number of aliphatic hydroxyl groups excluding tert-OH is 1. The maximum Gasteiger partial charge on any atom is 0.151 e. The minimum atomic E-state index is -0.318. The highest BCUT2D eigenvalue weighted by atomic mass is 16.5. The lowest BCUT2D eigenvalue weighted by Gasteiger charge is -2.45. The molecule has 0 aromatic heterocycles. The molecule has 2 aromatic rings. The van der Waals surface area contributed by atoms with E-state index >= 15 is 0 Å². The van der Waals surface area contributed by atoms with Gasteiger partial charge < -0.3 is 14.7 Å². The van der Waals surface area contributed by atoms with Gasteiger partial charge in [0.1, 0.15) is 5.75 Å². The van der Waals surface area contributed by atoms with Crippen molar-refractivity contribution in [1.82, 2.24) is 4.90 Å². The average molecular weight is 367 g/mol. The fourth-order valence-corrected chi connectivity index (χ4v) is 5.80. The third kappa shape index (κ3) is 1.62. The summed E-state index contributed by atoms with van der Waals surface area (Å²) < 4.78 is 6.48. The number of fused-ring (bicyclic) bond motifs is 5. The molecule has 4 atom stereocenters. The number of ether oxygens (including phenoxy) is 1. The minimum Gasteiger partial charge on any atom is -0.454 e. The Kier molecular flexibility index (Phi) is 2.60. The summed E-state index contributed by atoms with van der Waals surface area (Å²) in [5, 5.41) is 13.3. The van der Waals surface area contributed by atoms with Crippen molar-refractivity contribution in [1.29, 1.82) is 0 Å². The van der Waals surface area contributed by atoms with Crippen molar-refractivity contribution < 1.29 is 9.84 Å². The van der Waals surface area contributed by atoms with E-state index in [1.165, 1.54) is 38.7 Å². The summed E-state index contributed by atoms with van der Waals surface area (Å²) in [6.07, 6.45) is 8.61. The second-order valence-corrected chi connectivity index (χ2v) is 8.82. The number of allylic oxidation sites excluding steroid dienone is 3. The van der Waals surface area contributed by atoms with E-state index < -0.39 is 0 Å². The molecule has 1 saturated carbocycles. The van der Waals surface area contributed by atoms with Gasteiger partial charge in [0.05, 0.1) is 23.9 Å². The molecular formula is C25H21NO2. The number of aliphatic hydroxyl groups is 1. The van der Waals surface area contributed by atoms with Crippen LogP contribution in [0.5, 0.6) is 5.75 Å². The summed E-state index contributed by atoms with van der Waals surface area (Å²) in [7, 11) is 0. The Morgan fingerprint density at radius 3 is 2.89 bits per heavy atom. The lowest BCUT2D eigenvalue weighted by molar-refractivity contribution is 0.221. The van der Waals surface area contributed by atoms with Crippen LogP contribution in [-0.4, -0.2) is 28.2 Å². The molecular weight excluding hydrogens is 346 g/mol. The summed E-state index contributed by atoms with van der Waals surface area (Å²) in [5.74, 6) is 2.49. The van der Waals surface area contributed by atoms with E-state index in [9.17, 15) is 5.11 Å². The predicted octanol–water partition coefficient (Wildman–Crippen LogP) is 4.50. The molecule has 0 radical (unpaired) electrons. The van der Waals surface area contributed by atoms with Crippen LogP contribution < -0.4 is 4.74 Å². The van der Waals surface area contributed by atoms with Crippen molar-refractivity contribution in [3.05, 3.63) is 82.7 Å². The van der Waals surface area contributed by atoms with E-state index in [1.54, 1.807) is 0 Å². The fourth-order valence-electron chi connectivity index (χ4n) is 5.80. The number of nitrogens with zero attached hydrogens (tertiary/aromatic N) is 1. The van der Waals surface area contributed by atoms with Crippen LogP contribution in [0, 0.1) is 5.92 Å². The van der Waals surface area contributed by atoms with E-state index in [0.717, 1.165) is 11.5 Å². The molecule has 0 amide bonds. The monoisotopic (exact) mass is 367 g/mol. The smallest absolute Gasteiger partial charge is 0.151 e. The fraction of sp³-hybridized carbons (Fsp3) is 0.280. The lowest BCUT2D eigenvalue weighted by Crippen LogP contribution is -2.44. The molecule has 1 fully saturated rings. The molecule has 0 bridgehead atoms. The van der Waals surface area contributed by atoms with Crippen LogP contribution in [0.15, 0.2) is 71.5 Å². The summed E-state index contributed by atoms with van der Waals surface area (Å²) in [4.78, 5) is 2.45. The van der Waals surface area contributed by atoms with Gasteiger partial charge in [0, 0.05) is 16.9 Å². The maximum atomic E-state index is 10.9. The largest absolute Gasteiger partial charge is 0.454 e. The van der Waals surface area contributed by atoms with Crippen molar-refractivity contribution in [3.63, 3.8) is 0 Å². The van der Waals surface area contributed by atoms with Gasteiger partial charge in [0.15, 0.2) is 5.76 Å². The van der Waals surface area contributed by atoms with Gasteiger partial charge in [0.2, 0.25) is 0 Å². The van der Waals surface area contributed by atoms with Gasteiger partial charge in [-0.3, -0.25) is 0 Å². The maximum absolute atomic E-state index is 10.9. The number of hydrogen-bond donors (Lipinski definition) is 1. The molecule has 3 heteroatoms. The first-order chi connectivity index (χ1) is 13.6. The van der Waals surface area contributed by atoms with Crippen LogP contribution in [0.25, 0.3) is 16.5 Å². The number of hydrogen-bond acceptors (Lipinski definition) is 3. The van der Waals surface area contributed by atoms with E-state index in [2.05, 4.69) is 73.4 Å². The third-order valence-electron chi connectivity index (χ3n) is 7.04. The van der Waals surface area contributed by atoms with Gasteiger partial charge >= 0.3 is 0 Å². The summed E-state index contributed by atoms with van der Waals surface area (Å²) in [6.45, 7) is 4.49. The molecule has 3 nitrogen and oxygen atoms in total. The molecule has 0 spiro atoms. The van der Waals surface area contributed by atoms with Gasteiger partial charge in [0.25, 0.3) is 0 Å². The molecule has 7 rings (SSSR count). The van der Waals surface area contributed by atoms with Crippen LogP contribution in [0.1, 0.15) is 30.9 Å². The van der Waals surface area contributed by atoms with Gasteiger partial charge in [-0.05, 0) is 40.2 Å². The standard InChI is InChI=1S/C25H21NO2/c1-12(2)14-6-4-7-17-16(14)11-19-23-21-15(22-24(25(22)27)26(17)23)10-9-13-5-3-8-18(28-19)20(13)21/h3-12,17,22,24-25,27H,1-2H3. The first-order valence-electron chi connectivity index (χ1n) is 10.2. The second kappa shape index (κ2) is 4.79. The highest BCUT2D eigenvalue weighted by molar-refractivity contribution is 6.03.